The molecule has 274 valence electrons. The van der Waals surface area contributed by atoms with Crippen LogP contribution in [0.15, 0.2) is 194 Å². The van der Waals surface area contributed by atoms with Crippen molar-refractivity contribution in [2.24, 2.45) is 0 Å². The molecule has 0 N–H and O–H groups in total. The maximum atomic E-state index is 6.34. The molecule has 4 heterocycles. The quantitative estimate of drug-likeness (QED) is 0.180. The van der Waals surface area contributed by atoms with Gasteiger partial charge in [-0.3, -0.25) is 4.57 Å². The van der Waals surface area contributed by atoms with E-state index in [9.17, 15) is 0 Å². The summed E-state index contributed by atoms with van der Waals surface area (Å²) in [7, 11) is 0. The van der Waals surface area contributed by atoms with E-state index in [1.165, 1.54) is 43.9 Å². The lowest BCUT2D eigenvalue weighted by Gasteiger charge is -2.21. The molecule has 13 rings (SSSR count). The molecule has 0 radical (unpaired) electrons. The van der Waals surface area contributed by atoms with Gasteiger partial charge in [0, 0.05) is 38.2 Å². The van der Waals surface area contributed by atoms with Gasteiger partial charge in [-0.2, -0.15) is 0 Å². The first-order valence-corrected chi connectivity index (χ1v) is 20.0. The highest BCUT2D eigenvalue weighted by atomic mass is 16.5. The lowest BCUT2D eigenvalue weighted by atomic mass is 10.00. The summed E-state index contributed by atoms with van der Waals surface area (Å²) in [6.45, 7) is 0. The summed E-state index contributed by atoms with van der Waals surface area (Å²) in [6.07, 6.45) is 0. The molecule has 5 heteroatoms. The Morgan fingerprint density at radius 3 is 1.88 bits per heavy atom. The standard InChI is InChI=1S/C54H32N4O/c1-2-11-33(12-3-1)34-21-26-38(27-22-34)57-46-18-8-6-15-40(46)43-31-36(24-29-47(43)57)37-25-30-48-44(32-37)41-28-23-35-13-4-5-14-39(35)53(41)58(48)54-55-45-17-10-20-50-51(45)52(56-54)42-16-7-9-19-49(42)59-50/h1-32H. The lowest BCUT2D eigenvalue weighted by Crippen LogP contribution is -2.06. The number of fused-ring (bicyclic) bond motifs is 10. The maximum absolute atomic E-state index is 6.34. The van der Waals surface area contributed by atoms with Gasteiger partial charge in [-0.1, -0.05) is 127 Å². The van der Waals surface area contributed by atoms with Crippen molar-refractivity contribution in [3.8, 4) is 56.6 Å². The van der Waals surface area contributed by atoms with Crippen LogP contribution < -0.4 is 4.74 Å². The van der Waals surface area contributed by atoms with Crippen molar-refractivity contribution < 1.29 is 4.74 Å². The zero-order chi connectivity index (χ0) is 38.6. The summed E-state index contributed by atoms with van der Waals surface area (Å²) >= 11 is 0. The van der Waals surface area contributed by atoms with E-state index in [1.54, 1.807) is 0 Å². The van der Waals surface area contributed by atoms with E-state index in [0.29, 0.717) is 5.95 Å². The van der Waals surface area contributed by atoms with Crippen LogP contribution in [0.1, 0.15) is 0 Å². The van der Waals surface area contributed by atoms with E-state index in [1.807, 2.05) is 30.3 Å². The van der Waals surface area contributed by atoms with Crippen molar-refractivity contribution >= 4 is 65.3 Å². The molecular formula is C54H32N4O. The second-order valence-corrected chi connectivity index (χ2v) is 15.4. The molecule has 0 amide bonds. The van der Waals surface area contributed by atoms with Gasteiger partial charge in [0.25, 0.3) is 0 Å². The maximum Gasteiger partial charge on any atom is 0.235 e. The van der Waals surface area contributed by atoms with Gasteiger partial charge in [0.15, 0.2) is 0 Å². The van der Waals surface area contributed by atoms with Gasteiger partial charge < -0.3 is 9.30 Å². The zero-order valence-electron chi connectivity index (χ0n) is 31.7. The van der Waals surface area contributed by atoms with Crippen molar-refractivity contribution in [1.29, 1.82) is 0 Å². The van der Waals surface area contributed by atoms with Crippen molar-refractivity contribution in [3.63, 3.8) is 0 Å². The average Bonchev–Trinajstić information content (AvgIpc) is 3.82. The zero-order valence-corrected chi connectivity index (χ0v) is 31.7. The van der Waals surface area contributed by atoms with Gasteiger partial charge in [0.2, 0.25) is 5.95 Å². The minimum Gasteiger partial charge on any atom is -0.456 e. The Hall–Kier alpha value is -8.02. The number of ether oxygens (including phenoxy) is 1. The third-order valence-electron chi connectivity index (χ3n) is 12.1. The Morgan fingerprint density at radius 2 is 1.03 bits per heavy atom. The predicted molar refractivity (Wildman–Crippen MR) is 242 cm³/mol. The SMILES string of the molecule is c1ccc(-c2ccc(-n3c4ccccc4c4cc(-c5ccc6c(c5)c5ccc7ccccc7c5n6-c5nc6c7c(cccc7n5)Oc5ccccc5-6)ccc43)cc2)cc1. The topological polar surface area (TPSA) is 44.9 Å². The number of rotatable bonds is 4. The minimum absolute atomic E-state index is 0.636. The monoisotopic (exact) mass is 752 g/mol. The highest BCUT2D eigenvalue weighted by Gasteiger charge is 2.25. The summed E-state index contributed by atoms with van der Waals surface area (Å²) in [5, 5.41) is 8.02. The molecule has 9 aromatic carbocycles. The number of aromatic nitrogens is 4. The summed E-state index contributed by atoms with van der Waals surface area (Å²) < 4.78 is 11.0. The molecule has 0 bridgehead atoms. The van der Waals surface area contributed by atoms with Gasteiger partial charge >= 0.3 is 0 Å². The van der Waals surface area contributed by atoms with Crippen molar-refractivity contribution in [2.75, 3.05) is 0 Å². The Morgan fingerprint density at radius 1 is 0.390 bits per heavy atom. The van der Waals surface area contributed by atoms with E-state index >= 15 is 0 Å². The molecule has 0 aliphatic carbocycles. The molecule has 3 aromatic heterocycles. The molecule has 0 atom stereocenters. The Bertz CT molecular complexity index is 3690. The number of hydrogen-bond acceptors (Lipinski definition) is 3. The van der Waals surface area contributed by atoms with Crippen molar-refractivity contribution in [1.82, 2.24) is 19.1 Å². The molecule has 0 unspecified atom stereocenters. The molecule has 1 aliphatic heterocycles. The second-order valence-electron chi connectivity index (χ2n) is 15.4. The highest BCUT2D eigenvalue weighted by Crippen LogP contribution is 2.46. The second kappa shape index (κ2) is 12.2. The molecule has 0 fully saturated rings. The molecule has 0 saturated carbocycles. The summed E-state index contributed by atoms with van der Waals surface area (Å²) in [5.74, 6) is 2.22. The largest absolute Gasteiger partial charge is 0.456 e. The summed E-state index contributed by atoms with van der Waals surface area (Å²) in [5.41, 5.74) is 13.1. The molecule has 5 nitrogen and oxygen atoms in total. The number of para-hydroxylation sites is 2. The average molecular weight is 753 g/mol. The first-order chi connectivity index (χ1) is 29.2. The minimum atomic E-state index is 0.636. The number of hydrogen-bond donors (Lipinski definition) is 0. The van der Waals surface area contributed by atoms with Gasteiger partial charge in [-0.25, -0.2) is 9.97 Å². The fourth-order valence-corrected chi connectivity index (χ4v) is 9.42. The molecule has 59 heavy (non-hydrogen) atoms. The van der Waals surface area contributed by atoms with Crippen LogP contribution >= 0.6 is 0 Å². The van der Waals surface area contributed by atoms with Crippen LogP contribution in [-0.4, -0.2) is 19.1 Å². The summed E-state index contributed by atoms with van der Waals surface area (Å²) in [4.78, 5) is 10.6. The molecule has 12 aromatic rings. The van der Waals surface area contributed by atoms with Crippen molar-refractivity contribution in [3.05, 3.63) is 194 Å². The predicted octanol–water partition coefficient (Wildman–Crippen LogP) is 14.1. The normalized spacial score (nSPS) is 12.2. The Kier molecular flexibility index (Phi) is 6.66. The van der Waals surface area contributed by atoms with Crippen LogP contribution in [0.3, 0.4) is 0 Å². The van der Waals surface area contributed by atoms with Gasteiger partial charge in [-0.05, 0) is 94.4 Å². The fourth-order valence-electron chi connectivity index (χ4n) is 9.42. The first-order valence-electron chi connectivity index (χ1n) is 20.0. The van der Waals surface area contributed by atoms with Gasteiger partial charge in [0.1, 0.15) is 11.5 Å². The van der Waals surface area contributed by atoms with Crippen LogP contribution in [0.4, 0.5) is 0 Å². The van der Waals surface area contributed by atoms with E-state index in [-0.39, 0.29) is 0 Å². The van der Waals surface area contributed by atoms with Gasteiger partial charge in [-0.15, -0.1) is 0 Å². The first kappa shape index (κ1) is 32.1. The van der Waals surface area contributed by atoms with Gasteiger partial charge in [0.05, 0.1) is 38.7 Å². The van der Waals surface area contributed by atoms with Crippen LogP contribution in [0.25, 0.3) is 110 Å². The Labute approximate surface area is 338 Å². The third kappa shape index (κ3) is 4.73. The van der Waals surface area contributed by atoms with E-state index in [2.05, 4.69) is 173 Å². The number of benzene rings is 9. The highest BCUT2D eigenvalue weighted by molar-refractivity contribution is 6.19. The molecule has 1 aliphatic rings. The lowest BCUT2D eigenvalue weighted by molar-refractivity contribution is 0.486. The van der Waals surface area contributed by atoms with Crippen LogP contribution in [0, 0.1) is 0 Å². The van der Waals surface area contributed by atoms with E-state index < -0.39 is 0 Å². The molecule has 0 saturated heterocycles. The van der Waals surface area contributed by atoms with Crippen LogP contribution in [0.2, 0.25) is 0 Å². The summed E-state index contributed by atoms with van der Waals surface area (Å²) in [6, 6.07) is 69.2. The third-order valence-corrected chi connectivity index (χ3v) is 12.1. The van der Waals surface area contributed by atoms with E-state index in [0.717, 1.165) is 72.1 Å². The Balaban J connectivity index is 1.01. The molecule has 0 spiro atoms. The van der Waals surface area contributed by atoms with Crippen LogP contribution in [-0.2, 0) is 0 Å². The smallest absolute Gasteiger partial charge is 0.235 e. The van der Waals surface area contributed by atoms with Crippen molar-refractivity contribution in [2.45, 2.75) is 0 Å². The molecular weight excluding hydrogens is 721 g/mol. The number of nitrogens with zero attached hydrogens (tertiary/aromatic N) is 4. The van der Waals surface area contributed by atoms with E-state index in [4.69, 9.17) is 14.7 Å². The fraction of sp³-hybridized carbons (Fsp3) is 0. The van der Waals surface area contributed by atoms with Crippen LogP contribution in [0.5, 0.6) is 11.5 Å².